The third kappa shape index (κ3) is 4.70. The highest BCUT2D eigenvalue weighted by atomic mass is 16.3. The molecular weight excluding hydrogens is 288 g/mol. The Kier molecular flexibility index (Phi) is 5.26. The van der Waals surface area contributed by atoms with Crippen LogP contribution in [-0.2, 0) is 11.8 Å². The number of rotatable bonds is 6. The van der Waals surface area contributed by atoms with Crippen molar-refractivity contribution >= 4 is 22.9 Å². The van der Waals surface area contributed by atoms with Crippen LogP contribution in [-0.4, -0.2) is 28.2 Å². The van der Waals surface area contributed by atoms with Crippen molar-refractivity contribution in [1.82, 2.24) is 9.88 Å². The first-order valence-electron chi connectivity index (χ1n) is 7.96. The van der Waals surface area contributed by atoms with E-state index in [-0.39, 0.29) is 17.4 Å². The minimum atomic E-state index is -0.367. The Morgan fingerprint density at radius 3 is 2.78 bits per heavy atom. The number of nitrogens with zero attached hydrogens (tertiary/aromatic N) is 1. The Balaban J connectivity index is 2.01. The fourth-order valence-electron chi connectivity index (χ4n) is 2.93. The molecule has 1 amide bonds. The predicted octanol–water partition coefficient (Wildman–Crippen LogP) is 3.10. The normalized spacial score (nSPS) is 13.6. The number of nitrogens with one attached hydrogen (secondary N) is 1. The Bertz CT molecular complexity index is 711. The molecule has 0 fully saturated rings. The van der Waals surface area contributed by atoms with Crippen molar-refractivity contribution in [3.05, 3.63) is 42.1 Å². The number of carbonyl (C=O) groups is 1. The molecule has 0 bridgehead atoms. The summed E-state index contributed by atoms with van der Waals surface area (Å²) in [6, 6.07) is 8.12. The molecule has 1 heterocycles. The number of benzene rings is 1. The van der Waals surface area contributed by atoms with E-state index in [9.17, 15) is 9.90 Å². The average molecular weight is 314 g/mol. The molecule has 2 aromatic rings. The smallest absolute Gasteiger partial charge is 0.244 e. The topological polar surface area (TPSA) is 54.3 Å². The summed E-state index contributed by atoms with van der Waals surface area (Å²) in [7, 11) is 2.00. The second kappa shape index (κ2) is 7.01. The number of aromatic nitrogens is 1. The first-order chi connectivity index (χ1) is 10.8. The van der Waals surface area contributed by atoms with Crippen molar-refractivity contribution in [3.63, 3.8) is 0 Å². The van der Waals surface area contributed by atoms with Crippen LogP contribution < -0.4 is 5.32 Å². The number of aliphatic hydroxyl groups excluding tert-OH is 1. The van der Waals surface area contributed by atoms with Crippen molar-refractivity contribution in [2.45, 2.75) is 33.3 Å². The Morgan fingerprint density at radius 1 is 1.39 bits per heavy atom. The van der Waals surface area contributed by atoms with Crippen molar-refractivity contribution in [2.75, 3.05) is 6.54 Å². The maximum atomic E-state index is 12.0. The summed E-state index contributed by atoms with van der Waals surface area (Å²) < 4.78 is 2.05. The lowest BCUT2D eigenvalue weighted by molar-refractivity contribution is -0.117. The first-order valence-corrected chi connectivity index (χ1v) is 7.96. The van der Waals surface area contributed by atoms with Gasteiger partial charge in [-0.05, 0) is 30.9 Å². The average Bonchev–Trinajstić information content (AvgIpc) is 2.79. The zero-order valence-electron chi connectivity index (χ0n) is 14.3. The molecule has 0 saturated carbocycles. The lowest BCUT2D eigenvalue weighted by atomic mass is 9.87. The van der Waals surface area contributed by atoms with E-state index in [1.54, 1.807) is 13.0 Å². The van der Waals surface area contributed by atoms with Crippen LogP contribution in [0.15, 0.2) is 36.5 Å². The Labute approximate surface area is 137 Å². The van der Waals surface area contributed by atoms with Gasteiger partial charge in [0.1, 0.15) is 0 Å². The van der Waals surface area contributed by atoms with Gasteiger partial charge in [0.05, 0.1) is 6.10 Å². The molecule has 1 unspecified atom stereocenters. The monoisotopic (exact) mass is 314 g/mol. The van der Waals surface area contributed by atoms with E-state index in [0.29, 0.717) is 13.0 Å². The van der Waals surface area contributed by atoms with Crippen molar-refractivity contribution in [1.29, 1.82) is 0 Å². The number of aliphatic hydroxyl groups is 1. The number of hydrogen-bond acceptors (Lipinski definition) is 2. The van der Waals surface area contributed by atoms with Gasteiger partial charge in [0.25, 0.3) is 0 Å². The van der Waals surface area contributed by atoms with E-state index in [2.05, 4.69) is 22.0 Å². The van der Waals surface area contributed by atoms with E-state index < -0.39 is 0 Å². The van der Waals surface area contributed by atoms with Gasteiger partial charge in [-0.2, -0.15) is 0 Å². The maximum absolute atomic E-state index is 12.0. The van der Waals surface area contributed by atoms with Gasteiger partial charge >= 0.3 is 0 Å². The molecule has 2 N–H and O–H groups in total. The molecule has 0 aliphatic carbocycles. The summed E-state index contributed by atoms with van der Waals surface area (Å²) in [6.45, 7) is 6.38. The number of fused-ring (bicyclic) bond motifs is 1. The maximum Gasteiger partial charge on any atom is 0.244 e. The fourth-order valence-corrected chi connectivity index (χ4v) is 2.93. The standard InChI is InChI=1S/C19H26N2O2/c1-14(22)11-19(2,3)13-20-18(23)10-9-15-12-21(4)17-8-6-5-7-16(15)17/h5-10,12,14,22H,11,13H2,1-4H3,(H,20,23). The van der Waals surface area contributed by atoms with Crippen LogP contribution in [0.3, 0.4) is 0 Å². The molecule has 4 nitrogen and oxygen atoms in total. The molecular formula is C19H26N2O2. The molecule has 124 valence electrons. The van der Waals surface area contributed by atoms with E-state index >= 15 is 0 Å². The van der Waals surface area contributed by atoms with E-state index in [4.69, 9.17) is 0 Å². The Hall–Kier alpha value is -2.07. The Morgan fingerprint density at radius 2 is 2.09 bits per heavy atom. The zero-order chi connectivity index (χ0) is 17.0. The van der Waals surface area contributed by atoms with Crippen LogP contribution in [0.2, 0.25) is 0 Å². The molecule has 1 aromatic carbocycles. The molecule has 4 heteroatoms. The van der Waals surface area contributed by atoms with Crippen molar-refractivity contribution in [2.24, 2.45) is 12.5 Å². The minimum Gasteiger partial charge on any atom is -0.393 e. The van der Waals surface area contributed by atoms with Crippen molar-refractivity contribution in [3.8, 4) is 0 Å². The van der Waals surface area contributed by atoms with Crippen LogP contribution in [0.25, 0.3) is 17.0 Å². The number of para-hydroxylation sites is 1. The molecule has 0 aliphatic rings. The third-order valence-electron chi connectivity index (χ3n) is 3.93. The minimum absolute atomic E-state index is 0.114. The highest BCUT2D eigenvalue weighted by Crippen LogP contribution is 2.22. The van der Waals surface area contributed by atoms with Crippen molar-refractivity contribution < 1.29 is 9.90 Å². The lowest BCUT2D eigenvalue weighted by Gasteiger charge is -2.26. The summed E-state index contributed by atoms with van der Waals surface area (Å²) in [5, 5.41) is 13.5. The third-order valence-corrected chi connectivity index (χ3v) is 3.93. The van der Waals surface area contributed by atoms with Gasteiger partial charge in [0.15, 0.2) is 0 Å². The number of amides is 1. The molecule has 0 radical (unpaired) electrons. The lowest BCUT2D eigenvalue weighted by Crippen LogP contribution is -2.34. The zero-order valence-corrected chi connectivity index (χ0v) is 14.3. The highest BCUT2D eigenvalue weighted by Gasteiger charge is 2.20. The molecule has 0 spiro atoms. The SMILES string of the molecule is CC(O)CC(C)(C)CNC(=O)C=Cc1cn(C)c2ccccc12. The summed E-state index contributed by atoms with van der Waals surface area (Å²) in [4.78, 5) is 12.0. The van der Waals surface area contributed by atoms with Crippen LogP contribution in [0, 0.1) is 5.41 Å². The molecule has 1 atom stereocenters. The summed E-state index contributed by atoms with van der Waals surface area (Å²) in [5.74, 6) is -0.114. The van der Waals surface area contributed by atoms with Crippen LogP contribution in [0.4, 0.5) is 0 Å². The van der Waals surface area contributed by atoms with Gasteiger partial charge in [-0.25, -0.2) is 0 Å². The van der Waals surface area contributed by atoms with E-state index in [1.165, 1.54) is 0 Å². The van der Waals surface area contributed by atoms with Gasteiger partial charge < -0.3 is 15.0 Å². The van der Waals surface area contributed by atoms with Crippen LogP contribution in [0.1, 0.15) is 32.8 Å². The van der Waals surface area contributed by atoms with Gasteiger partial charge in [0.2, 0.25) is 5.91 Å². The number of carbonyl (C=O) groups excluding carboxylic acids is 1. The summed E-state index contributed by atoms with van der Waals surface area (Å²) >= 11 is 0. The summed E-state index contributed by atoms with van der Waals surface area (Å²) in [6.07, 6.45) is 5.72. The van der Waals surface area contributed by atoms with Gasteiger partial charge in [-0.3, -0.25) is 4.79 Å². The van der Waals surface area contributed by atoms with Crippen LogP contribution in [0.5, 0.6) is 0 Å². The predicted molar refractivity (Wildman–Crippen MR) is 95.0 cm³/mol. The number of hydrogen-bond donors (Lipinski definition) is 2. The first kappa shape index (κ1) is 17.3. The molecule has 1 aromatic heterocycles. The molecule has 0 aliphatic heterocycles. The second-order valence-electron chi connectivity index (χ2n) is 6.98. The van der Waals surface area contributed by atoms with Crippen LogP contribution >= 0.6 is 0 Å². The quantitative estimate of drug-likeness (QED) is 0.805. The van der Waals surface area contributed by atoms with Gasteiger partial charge in [0, 0.05) is 42.3 Å². The van der Waals surface area contributed by atoms with Gasteiger partial charge in [-0.15, -0.1) is 0 Å². The molecule has 0 saturated heterocycles. The number of aryl methyl sites for hydroxylation is 1. The molecule has 23 heavy (non-hydrogen) atoms. The largest absolute Gasteiger partial charge is 0.393 e. The highest BCUT2D eigenvalue weighted by molar-refractivity contribution is 5.96. The molecule has 2 rings (SSSR count). The van der Waals surface area contributed by atoms with E-state index in [1.807, 2.05) is 45.3 Å². The second-order valence-corrected chi connectivity index (χ2v) is 6.98. The van der Waals surface area contributed by atoms with E-state index in [0.717, 1.165) is 16.5 Å². The van der Waals surface area contributed by atoms with Gasteiger partial charge in [-0.1, -0.05) is 32.0 Å². The summed E-state index contributed by atoms with van der Waals surface area (Å²) in [5.41, 5.74) is 2.05. The fraction of sp³-hybridized carbons (Fsp3) is 0.421.